The van der Waals surface area contributed by atoms with Crippen molar-refractivity contribution in [2.45, 2.75) is 13.0 Å². The molecule has 0 spiro atoms. The van der Waals surface area contributed by atoms with Gasteiger partial charge >= 0.3 is 0 Å². The van der Waals surface area contributed by atoms with Gasteiger partial charge in [-0.3, -0.25) is 14.6 Å². The SMILES string of the molecule is N#Cc1ccc(C(=O)N2CCc3c(nc(-c4ccccn4)[nH]c3=O)C2)cn1. The van der Waals surface area contributed by atoms with Crippen LogP contribution in [0.3, 0.4) is 0 Å². The molecule has 0 aliphatic carbocycles. The van der Waals surface area contributed by atoms with Crippen molar-refractivity contribution in [3.8, 4) is 17.6 Å². The molecular weight excluding hydrogens is 344 g/mol. The molecule has 0 bridgehead atoms. The highest BCUT2D eigenvalue weighted by Gasteiger charge is 2.25. The minimum atomic E-state index is -0.209. The summed E-state index contributed by atoms with van der Waals surface area (Å²) >= 11 is 0. The van der Waals surface area contributed by atoms with Crippen LogP contribution in [-0.4, -0.2) is 37.3 Å². The van der Waals surface area contributed by atoms with Gasteiger partial charge in [0.1, 0.15) is 17.5 Å². The van der Waals surface area contributed by atoms with Gasteiger partial charge in [-0.15, -0.1) is 0 Å². The lowest BCUT2D eigenvalue weighted by Gasteiger charge is -2.27. The lowest BCUT2D eigenvalue weighted by molar-refractivity contribution is 0.0731. The highest BCUT2D eigenvalue weighted by molar-refractivity contribution is 5.94. The van der Waals surface area contributed by atoms with Crippen molar-refractivity contribution in [3.05, 3.63) is 75.6 Å². The summed E-state index contributed by atoms with van der Waals surface area (Å²) < 4.78 is 0. The van der Waals surface area contributed by atoms with Crippen LogP contribution in [0.15, 0.2) is 47.5 Å². The maximum Gasteiger partial charge on any atom is 0.255 e. The average Bonchev–Trinajstić information content (AvgIpc) is 2.73. The van der Waals surface area contributed by atoms with Crippen LogP contribution in [0.5, 0.6) is 0 Å². The Labute approximate surface area is 154 Å². The third-order valence-electron chi connectivity index (χ3n) is 4.39. The van der Waals surface area contributed by atoms with Gasteiger partial charge in [-0.1, -0.05) is 6.07 Å². The van der Waals surface area contributed by atoms with E-state index in [2.05, 4.69) is 19.9 Å². The molecule has 132 valence electrons. The number of aromatic amines is 1. The summed E-state index contributed by atoms with van der Waals surface area (Å²) in [6, 6.07) is 10.4. The Hall–Kier alpha value is -3.86. The lowest BCUT2D eigenvalue weighted by atomic mass is 10.1. The molecule has 0 aromatic carbocycles. The number of pyridine rings is 2. The molecule has 1 aliphatic rings. The van der Waals surface area contributed by atoms with Gasteiger partial charge in [-0.25, -0.2) is 9.97 Å². The Morgan fingerprint density at radius 2 is 2.11 bits per heavy atom. The minimum Gasteiger partial charge on any atom is -0.332 e. The molecule has 4 heterocycles. The zero-order valence-corrected chi connectivity index (χ0v) is 14.2. The zero-order chi connectivity index (χ0) is 18.8. The van der Waals surface area contributed by atoms with E-state index in [1.165, 1.54) is 12.3 Å². The molecule has 0 fully saturated rings. The highest BCUT2D eigenvalue weighted by Crippen LogP contribution is 2.19. The summed E-state index contributed by atoms with van der Waals surface area (Å²) in [5.74, 6) is 0.174. The molecule has 8 heteroatoms. The maximum atomic E-state index is 12.7. The number of carbonyl (C=O) groups is 1. The first-order valence-corrected chi connectivity index (χ1v) is 8.34. The van der Waals surface area contributed by atoms with Crippen LogP contribution in [0.2, 0.25) is 0 Å². The van der Waals surface area contributed by atoms with Gasteiger partial charge in [-0.2, -0.15) is 5.26 Å². The Balaban J connectivity index is 1.64. The van der Waals surface area contributed by atoms with Crippen molar-refractivity contribution >= 4 is 5.91 Å². The van der Waals surface area contributed by atoms with E-state index in [1.54, 1.807) is 29.3 Å². The van der Waals surface area contributed by atoms with Crippen LogP contribution in [0.4, 0.5) is 0 Å². The van der Waals surface area contributed by atoms with Crippen LogP contribution < -0.4 is 5.56 Å². The Morgan fingerprint density at radius 3 is 2.81 bits per heavy atom. The number of nitriles is 1. The van der Waals surface area contributed by atoms with Crippen LogP contribution in [-0.2, 0) is 13.0 Å². The third-order valence-corrected chi connectivity index (χ3v) is 4.39. The third kappa shape index (κ3) is 3.18. The Kier molecular flexibility index (Phi) is 4.18. The first kappa shape index (κ1) is 16.6. The first-order valence-electron chi connectivity index (χ1n) is 8.34. The van der Waals surface area contributed by atoms with Gasteiger partial charge < -0.3 is 9.88 Å². The molecule has 3 aromatic heterocycles. The molecule has 27 heavy (non-hydrogen) atoms. The quantitative estimate of drug-likeness (QED) is 0.738. The molecule has 0 unspecified atom stereocenters. The van der Waals surface area contributed by atoms with Gasteiger partial charge in [-0.05, 0) is 30.7 Å². The van der Waals surface area contributed by atoms with Gasteiger partial charge in [0.05, 0.1) is 17.8 Å². The van der Waals surface area contributed by atoms with Crippen molar-refractivity contribution < 1.29 is 4.79 Å². The van der Waals surface area contributed by atoms with Gasteiger partial charge in [0.15, 0.2) is 5.82 Å². The van der Waals surface area contributed by atoms with E-state index in [0.29, 0.717) is 41.3 Å². The number of nitrogens with zero attached hydrogens (tertiary/aromatic N) is 5. The molecule has 0 saturated carbocycles. The Morgan fingerprint density at radius 1 is 1.22 bits per heavy atom. The highest BCUT2D eigenvalue weighted by atomic mass is 16.2. The fourth-order valence-electron chi connectivity index (χ4n) is 3.01. The molecule has 0 atom stereocenters. The van der Waals surface area contributed by atoms with Gasteiger partial charge in [0.2, 0.25) is 0 Å². The van der Waals surface area contributed by atoms with Crippen LogP contribution in [0, 0.1) is 11.3 Å². The number of hydrogen-bond donors (Lipinski definition) is 1. The molecule has 3 aromatic rings. The predicted octanol–water partition coefficient (Wildman–Crippen LogP) is 1.30. The number of fused-ring (bicyclic) bond motifs is 1. The van der Waals surface area contributed by atoms with E-state index < -0.39 is 0 Å². The number of nitrogens with one attached hydrogen (secondary N) is 1. The van der Waals surface area contributed by atoms with Gasteiger partial charge in [0.25, 0.3) is 11.5 Å². The first-order chi connectivity index (χ1) is 13.2. The topological polar surface area (TPSA) is 116 Å². The second-order valence-corrected chi connectivity index (χ2v) is 6.08. The molecule has 1 aliphatic heterocycles. The van der Waals surface area contributed by atoms with Crippen molar-refractivity contribution in [1.29, 1.82) is 5.26 Å². The Bertz CT molecular complexity index is 1100. The summed E-state index contributed by atoms with van der Waals surface area (Å²) in [4.78, 5) is 42.2. The van der Waals surface area contributed by atoms with Crippen molar-refractivity contribution in [2.24, 2.45) is 0 Å². The number of carbonyl (C=O) groups excluding carboxylic acids is 1. The molecule has 8 nitrogen and oxygen atoms in total. The van der Waals surface area contributed by atoms with E-state index in [-0.39, 0.29) is 23.7 Å². The normalized spacial score (nSPS) is 12.9. The van der Waals surface area contributed by atoms with E-state index >= 15 is 0 Å². The van der Waals surface area contributed by atoms with E-state index in [4.69, 9.17) is 5.26 Å². The fraction of sp³-hybridized carbons (Fsp3) is 0.158. The number of rotatable bonds is 2. The zero-order valence-electron chi connectivity index (χ0n) is 14.2. The monoisotopic (exact) mass is 358 g/mol. The number of amides is 1. The smallest absolute Gasteiger partial charge is 0.255 e. The molecule has 4 rings (SSSR count). The number of aromatic nitrogens is 4. The van der Waals surface area contributed by atoms with Crippen molar-refractivity contribution in [3.63, 3.8) is 0 Å². The van der Waals surface area contributed by atoms with Crippen LogP contribution in [0.25, 0.3) is 11.5 Å². The minimum absolute atomic E-state index is 0.201. The fourth-order valence-corrected chi connectivity index (χ4v) is 3.01. The number of H-pyrrole nitrogens is 1. The molecule has 1 amide bonds. The molecule has 0 radical (unpaired) electrons. The second kappa shape index (κ2) is 6.80. The standard InChI is InChI=1S/C19H14N6O2/c20-9-13-5-4-12(10-22-13)19(27)25-8-6-14-16(11-25)23-17(24-18(14)26)15-3-1-2-7-21-15/h1-5,7,10H,6,8,11H2,(H,23,24,26). The summed E-state index contributed by atoms with van der Waals surface area (Å²) in [5, 5.41) is 8.82. The predicted molar refractivity (Wildman–Crippen MR) is 95.5 cm³/mol. The van der Waals surface area contributed by atoms with Gasteiger partial charge in [0, 0.05) is 24.5 Å². The van der Waals surface area contributed by atoms with Crippen LogP contribution in [0.1, 0.15) is 27.3 Å². The van der Waals surface area contributed by atoms with Crippen molar-refractivity contribution in [1.82, 2.24) is 24.8 Å². The largest absolute Gasteiger partial charge is 0.332 e. The summed E-state index contributed by atoms with van der Waals surface area (Å²) in [5.41, 5.74) is 2.18. The molecule has 0 saturated heterocycles. The van der Waals surface area contributed by atoms with Crippen molar-refractivity contribution in [2.75, 3.05) is 6.54 Å². The average molecular weight is 358 g/mol. The molecular formula is C19H14N6O2. The summed E-state index contributed by atoms with van der Waals surface area (Å²) in [6.45, 7) is 0.650. The van der Waals surface area contributed by atoms with E-state index in [1.807, 2.05) is 12.1 Å². The maximum absolute atomic E-state index is 12.7. The van der Waals surface area contributed by atoms with E-state index in [9.17, 15) is 9.59 Å². The number of hydrogen-bond acceptors (Lipinski definition) is 6. The lowest BCUT2D eigenvalue weighted by Crippen LogP contribution is -2.39. The molecule has 1 N–H and O–H groups in total. The van der Waals surface area contributed by atoms with E-state index in [0.717, 1.165) is 0 Å². The summed E-state index contributed by atoms with van der Waals surface area (Å²) in [7, 11) is 0. The van der Waals surface area contributed by atoms with Crippen LogP contribution >= 0.6 is 0 Å². The summed E-state index contributed by atoms with van der Waals surface area (Å²) in [6.07, 6.45) is 3.44. The second-order valence-electron chi connectivity index (χ2n) is 6.08.